The maximum absolute atomic E-state index is 11.6. The number of nitrogens with zero attached hydrogens (tertiary/aromatic N) is 1. The van der Waals surface area contributed by atoms with Gasteiger partial charge >= 0.3 is 6.03 Å². The lowest BCUT2D eigenvalue weighted by Crippen LogP contribution is -2.33. The van der Waals surface area contributed by atoms with E-state index in [1.54, 1.807) is 7.05 Å². The van der Waals surface area contributed by atoms with E-state index in [4.69, 9.17) is 11.1 Å². The van der Waals surface area contributed by atoms with Gasteiger partial charge in [0.2, 0.25) is 0 Å². The summed E-state index contributed by atoms with van der Waals surface area (Å²) in [5.41, 5.74) is 5.97. The number of rotatable bonds is 4. The molecule has 0 spiro atoms. The van der Waals surface area contributed by atoms with Crippen LogP contribution in [0.25, 0.3) is 0 Å². The number of benzene rings is 1. The first-order valence-electron chi connectivity index (χ1n) is 4.99. The van der Waals surface area contributed by atoms with Crippen molar-refractivity contribution in [3.63, 3.8) is 0 Å². The van der Waals surface area contributed by atoms with Crippen LogP contribution in [0.15, 0.2) is 30.3 Å². The molecule has 1 rings (SSSR count). The van der Waals surface area contributed by atoms with Crippen LogP contribution in [-0.2, 0) is 0 Å². The first-order valence-corrected chi connectivity index (χ1v) is 4.99. The van der Waals surface area contributed by atoms with Gasteiger partial charge in [0.15, 0.2) is 0 Å². The lowest BCUT2D eigenvalue weighted by molar-refractivity contribution is 0.223. The minimum Gasteiger partial charge on any atom is -0.388 e. The number of amides is 2. The molecule has 1 aromatic rings. The van der Waals surface area contributed by atoms with Crippen LogP contribution in [0.1, 0.15) is 6.42 Å². The molecule has 0 saturated carbocycles. The van der Waals surface area contributed by atoms with Crippen molar-refractivity contribution in [1.82, 2.24) is 4.90 Å². The van der Waals surface area contributed by atoms with Crippen LogP contribution in [0.3, 0.4) is 0 Å². The van der Waals surface area contributed by atoms with Crippen molar-refractivity contribution in [2.45, 2.75) is 6.42 Å². The topological polar surface area (TPSA) is 82.2 Å². The summed E-state index contributed by atoms with van der Waals surface area (Å²) in [7, 11) is 1.67. The first-order chi connectivity index (χ1) is 7.59. The molecule has 16 heavy (non-hydrogen) atoms. The van der Waals surface area contributed by atoms with E-state index in [0.29, 0.717) is 13.0 Å². The summed E-state index contributed by atoms with van der Waals surface area (Å²) in [6.07, 6.45) is 0.388. The Balaban J connectivity index is 2.43. The van der Waals surface area contributed by atoms with Gasteiger partial charge in [-0.1, -0.05) is 18.2 Å². The Morgan fingerprint density at radius 1 is 1.44 bits per heavy atom. The van der Waals surface area contributed by atoms with Crippen molar-refractivity contribution in [3.8, 4) is 0 Å². The molecule has 0 atom stereocenters. The molecule has 0 unspecified atom stereocenters. The summed E-state index contributed by atoms with van der Waals surface area (Å²) >= 11 is 0. The number of urea groups is 1. The van der Waals surface area contributed by atoms with Gasteiger partial charge in [-0.05, 0) is 12.1 Å². The number of nitrogens with one attached hydrogen (secondary N) is 2. The van der Waals surface area contributed by atoms with Gasteiger partial charge in [0.1, 0.15) is 0 Å². The second kappa shape index (κ2) is 5.75. The maximum atomic E-state index is 11.6. The van der Waals surface area contributed by atoms with Crippen LogP contribution < -0.4 is 11.1 Å². The van der Waals surface area contributed by atoms with Gasteiger partial charge in [-0.15, -0.1) is 0 Å². The molecule has 0 aliphatic carbocycles. The minimum atomic E-state index is -0.201. The first kappa shape index (κ1) is 12.0. The van der Waals surface area contributed by atoms with E-state index >= 15 is 0 Å². The molecule has 5 heteroatoms. The minimum absolute atomic E-state index is 0.0827. The fraction of sp³-hybridized carbons (Fsp3) is 0.273. The number of hydrogen-bond acceptors (Lipinski definition) is 2. The molecular formula is C11H16N4O. The van der Waals surface area contributed by atoms with Gasteiger partial charge in [-0.25, -0.2) is 4.79 Å². The Morgan fingerprint density at radius 3 is 2.62 bits per heavy atom. The Labute approximate surface area is 94.8 Å². The number of carbonyl (C=O) groups excluding carboxylic acids is 1. The number of nitrogens with two attached hydrogens (primary N) is 1. The predicted octanol–water partition coefficient (Wildman–Crippen LogP) is 1.48. The second-order valence-electron chi connectivity index (χ2n) is 3.49. The third-order valence-electron chi connectivity index (χ3n) is 2.09. The molecule has 2 amide bonds. The fourth-order valence-corrected chi connectivity index (χ4v) is 1.13. The molecule has 4 N–H and O–H groups in total. The second-order valence-corrected chi connectivity index (χ2v) is 3.49. The summed E-state index contributed by atoms with van der Waals surface area (Å²) < 4.78 is 0. The van der Waals surface area contributed by atoms with E-state index in [2.05, 4.69) is 5.32 Å². The summed E-state index contributed by atoms with van der Waals surface area (Å²) in [5, 5.41) is 9.81. The Kier molecular flexibility index (Phi) is 4.32. The number of hydrogen-bond donors (Lipinski definition) is 3. The highest BCUT2D eigenvalue weighted by atomic mass is 16.2. The van der Waals surface area contributed by atoms with E-state index < -0.39 is 0 Å². The van der Waals surface area contributed by atoms with Gasteiger partial charge in [0.05, 0.1) is 5.84 Å². The van der Waals surface area contributed by atoms with Crippen molar-refractivity contribution >= 4 is 17.6 Å². The highest BCUT2D eigenvalue weighted by molar-refractivity contribution is 5.89. The molecule has 0 fully saturated rings. The third-order valence-corrected chi connectivity index (χ3v) is 2.09. The van der Waals surface area contributed by atoms with Crippen LogP contribution in [0.2, 0.25) is 0 Å². The van der Waals surface area contributed by atoms with Gasteiger partial charge in [-0.2, -0.15) is 0 Å². The zero-order valence-electron chi connectivity index (χ0n) is 9.23. The van der Waals surface area contributed by atoms with E-state index in [0.717, 1.165) is 5.69 Å². The molecule has 5 nitrogen and oxygen atoms in total. The predicted molar refractivity (Wildman–Crippen MR) is 64.6 cm³/mol. The number of carbonyl (C=O) groups is 1. The molecule has 1 aromatic carbocycles. The molecule has 0 aliphatic heterocycles. The largest absolute Gasteiger partial charge is 0.388 e. The number of amidine groups is 1. The number of anilines is 1. The molecule has 0 aliphatic rings. The fourth-order valence-electron chi connectivity index (χ4n) is 1.13. The van der Waals surface area contributed by atoms with Crippen molar-refractivity contribution in [2.24, 2.45) is 5.73 Å². The Morgan fingerprint density at radius 2 is 2.06 bits per heavy atom. The van der Waals surface area contributed by atoms with E-state index in [9.17, 15) is 4.79 Å². The van der Waals surface area contributed by atoms with E-state index in [1.165, 1.54) is 4.90 Å². The highest BCUT2D eigenvalue weighted by Gasteiger charge is 2.08. The average molecular weight is 220 g/mol. The smallest absolute Gasteiger partial charge is 0.321 e. The van der Waals surface area contributed by atoms with Gasteiger partial charge < -0.3 is 16.0 Å². The number of para-hydroxylation sites is 1. The highest BCUT2D eigenvalue weighted by Crippen LogP contribution is 2.05. The maximum Gasteiger partial charge on any atom is 0.321 e. The molecule has 0 aromatic heterocycles. The van der Waals surface area contributed by atoms with E-state index in [1.807, 2.05) is 30.3 Å². The van der Waals surface area contributed by atoms with Crippen LogP contribution in [0.5, 0.6) is 0 Å². The lowest BCUT2D eigenvalue weighted by Gasteiger charge is -2.17. The standard InChI is InChI=1S/C11H16N4O/c1-15(8-7-10(12)13)11(16)14-9-5-3-2-4-6-9/h2-6H,7-8H2,1H3,(H3,12,13)(H,14,16). The zero-order valence-corrected chi connectivity index (χ0v) is 9.23. The monoisotopic (exact) mass is 220 g/mol. The van der Waals surface area contributed by atoms with Gasteiger partial charge in [0, 0.05) is 25.7 Å². The normalized spacial score (nSPS) is 9.56. The van der Waals surface area contributed by atoms with Crippen LogP contribution in [0, 0.1) is 5.41 Å². The van der Waals surface area contributed by atoms with Crippen LogP contribution in [-0.4, -0.2) is 30.4 Å². The Hall–Kier alpha value is -2.04. The molecule has 0 radical (unpaired) electrons. The summed E-state index contributed by atoms with van der Waals surface area (Å²) in [6.45, 7) is 0.438. The van der Waals surface area contributed by atoms with E-state index in [-0.39, 0.29) is 11.9 Å². The van der Waals surface area contributed by atoms with Crippen molar-refractivity contribution in [3.05, 3.63) is 30.3 Å². The van der Waals surface area contributed by atoms with Crippen LogP contribution in [0.4, 0.5) is 10.5 Å². The van der Waals surface area contributed by atoms with Gasteiger partial charge in [-0.3, -0.25) is 5.41 Å². The molecule has 86 valence electrons. The Bertz CT molecular complexity index is 364. The van der Waals surface area contributed by atoms with Crippen molar-refractivity contribution in [2.75, 3.05) is 18.9 Å². The van der Waals surface area contributed by atoms with Crippen molar-refractivity contribution in [1.29, 1.82) is 5.41 Å². The average Bonchev–Trinajstić information content (AvgIpc) is 2.27. The summed E-state index contributed by atoms with van der Waals surface area (Å²) in [6, 6.07) is 9.02. The molecule has 0 saturated heterocycles. The van der Waals surface area contributed by atoms with Crippen molar-refractivity contribution < 1.29 is 4.79 Å². The molecular weight excluding hydrogens is 204 g/mol. The third kappa shape index (κ3) is 4.00. The summed E-state index contributed by atoms with van der Waals surface area (Å²) in [5.74, 6) is 0.0827. The molecule has 0 bridgehead atoms. The zero-order chi connectivity index (χ0) is 12.0. The summed E-state index contributed by atoms with van der Waals surface area (Å²) in [4.78, 5) is 13.1. The quantitative estimate of drug-likeness (QED) is 0.530. The van der Waals surface area contributed by atoms with Gasteiger partial charge in [0.25, 0.3) is 0 Å². The lowest BCUT2D eigenvalue weighted by atomic mass is 10.3. The molecule has 0 heterocycles. The van der Waals surface area contributed by atoms with Crippen LogP contribution >= 0.6 is 0 Å². The SMILES string of the molecule is CN(CCC(=N)N)C(=O)Nc1ccccc1.